The molecule has 94 valence electrons. The van der Waals surface area contributed by atoms with Crippen LogP contribution in [0, 0.1) is 5.41 Å². The van der Waals surface area contributed by atoms with Gasteiger partial charge in [0.2, 0.25) is 0 Å². The monoisotopic (exact) mass is 315 g/mol. The lowest BCUT2D eigenvalue weighted by molar-refractivity contribution is 0.0944. The van der Waals surface area contributed by atoms with Gasteiger partial charge in [-0.15, -0.1) is 11.3 Å². The average molecular weight is 316 g/mol. The molecule has 1 aromatic heterocycles. The molecule has 1 aliphatic rings. The first-order chi connectivity index (χ1) is 8.02. The summed E-state index contributed by atoms with van der Waals surface area (Å²) in [4.78, 5) is 14.3. The maximum Gasteiger partial charge on any atom is 0.261 e. The minimum atomic E-state index is 0.0819. The summed E-state index contributed by atoms with van der Waals surface area (Å²) in [7, 11) is 0. The molecule has 1 N–H and O–H groups in total. The van der Waals surface area contributed by atoms with Gasteiger partial charge in [0.15, 0.2) is 0 Å². The normalized spacial score (nSPS) is 14.8. The van der Waals surface area contributed by atoms with Crippen LogP contribution in [-0.2, 0) is 12.8 Å². The Morgan fingerprint density at radius 1 is 1.53 bits per heavy atom. The standard InChI is InChI=1S/C13H18BrNOS/c1-13(2,7-14)8-15-12(16)11-6-9-4-3-5-10(9)17-11/h6H,3-5,7-8H2,1-2H3,(H,15,16). The Hall–Kier alpha value is -0.350. The van der Waals surface area contributed by atoms with E-state index in [0.717, 1.165) is 23.0 Å². The van der Waals surface area contributed by atoms with Crippen molar-refractivity contribution in [3.05, 3.63) is 21.4 Å². The highest BCUT2D eigenvalue weighted by Gasteiger charge is 2.21. The molecule has 0 bridgehead atoms. The van der Waals surface area contributed by atoms with Crippen molar-refractivity contribution >= 4 is 33.2 Å². The quantitative estimate of drug-likeness (QED) is 0.848. The fraction of sp³-hybridized carbons (Fsp3) is 0.615. The van der Waals surface area contributed by atoms with E-state index in [1.807, 2.05) is 0 Å². The number of thiophene rings is 1. The summed E-state index contributed by atoms with van der Waals surface area (Å²) in [6, 6.07) is 2.07. The Bertz CT molecular complexity index is 404. The number of nitrogens with one attached hydrogen (secondary N) is 1. The van der Waals surface area contributed by atoms with Crippen molar-refractivity contribution in [3.63, 3.8) is 0 Å². The Balaban J connectivity index is 1.96. The van der Waals surface area contributed by atoms with Crippen molar-refractivity contribution in [3.8, 4) is 0 Å². The predicted octanol–water partition coefficient (Wildman–Crippen LogP) is 3.39. The summed E-state index contributed by atoms with van der Waals surface area (Å²) in [5, 5.41) is 3.91. The topological polar surface area (TPSA) is 29.1 Å². The maximum atomic E-state index is 12.0. The van der Waals surface area contributed by atoms with Crippen LogP contribution in [-0.4, -0.2) is 17.8 Å². The van der Waals surface area contributed by atoms with E-state index in [-0.39, 0.29) is 11.3 Å². The number of hydrogen-bond donors (Lipinski definition) is 1. The summed E-state index contributed by atoms with van der Waals surface area (Å²) in [5.74, 6) is 0.0819. The summed E-state index contributed by atoms with van der Waals surface area (Å²) in [6.07, 6.45) is 3.55. The van der Waals surface area contributed by atoms with E-state index < -0.39 is 0 Å². The highest BCUT2D eigenvalue weighted by Crippen LogP contribution is 2.30. The SMILES string of the molecule is CC(C)(CBr)CNC(=O)c1cc2c(s1)CCC2. The molecule has 0 atom stereocenters. The third-order valence-corrected chi connectivity index (χ3v) is 5.81. The number of halogens is 1. The number of hydrogen-bond acceptors (Lipinski definition) is 2. The molecule has 1 amide bonds. The molecule has 0 saturated carbocycles. The molecule has 0 saturated heterocycles. The van der Waals surface area contributed by atoms with Gasteiger partial charge in [-0.25, -0.2) is 0 Å². The molecular formula is C13H18BrNOS. The molecule has 0 spiro atoms. The first-order valence-electron chi connectivity index (χ1n) is 5.97. The Morgan fingerprint density at radius 2 is 2.29 bits per heavy atom. The molecule has 1 heterocycles. The summed E-state index contributed by atoms with van der Waals surface area (Å²) >= 11 is 5.13. The number of amides is 1. The van der Waals surface area contributed by atoms with Gasteiger partial charge in [-0.1, -0.05) is 29.8 Å². The van der Waals surface area contributed by atoms with Gasteiger partial charge in [-0.2, -0.15) is 0 Å². The van der Waals surface area contributed by atoms with Gasteiger partial charge in [0, 0.05) is 16.8 Å². The Kier molecular flexibility index (Phi) is 3.93. The van der Waals surface area contributed by atoms with Crippen LogP contribution in [0.2, 0.25) is 0 Å². The van der Waals surface area contributed by atoms with E-state index >= 15 is 0 Å². The van der Waals surface area contributed by atoms with E-state index in [0.29, 0.717) is 6.54 Å². The van der Waals surface area contributed by atoms with Crippen molar-refractivity contribution in [2.75, 3.05) is 11.9 Å². The smallest absolute Gasteiger partial charge is 0.261 e. The third-order valence-electron chi connectivity index (χ3n) is 3.06. The lowest BCUT2D eigenvalue weighted by Gasteiger charge is -2.21. The molecule has 0 aliphatic heterocycles. The zero-order valence-electron chi connectivity index (χ0n) is 10.3. The number of alkyl halides is 1. The predicted molar refractivity (Wildman–Crippen MR) is 76.3 cm³/mol. The number of aryl methyl sites for hydroxylation is 2. The fourth-order valence-electron chi connectivity index (χ4n) is 1.89. The molecule has 0 unspecified atom stereocenters. The number of fused-ring (bicyclic) bond motifs is 1. The van der Waals surface area contributed by atoms with Crippen molar-refractivity contribution in [2.24, 2.45) is 5.41 Å². The Morgan fingerprint density at radius 3 is 2.94 bits per heavy atom. The largest absolute Gasteiger partial charge is 0.351 e. The molecule has 17 heavy (non-hydrogen) atoms. The van der Waals surface area contributed by atoms with Crippen LogP contribution in [0.1, 0.15) is 40.4 Å². The first-order valence-corrected chi connectivity index (χ1v) is 7.91. The van der Waals surface area contributed by atoms with Crippen LogP contribution in [0.5, 0.6) is 0 Å². The van der Waals surface area contributed by atoms with Gasteiger partial charge in [0.25, 0.3) is 5.91 Å². The molecule has 0 aromatic carbocycles. The van der Waals surface area contributed by atoms with E-state index in [9.17, 15) is 4.79 Å². The van der Waals surface area contributed by atoms with Crippen LogP contribution in [0.4, 0.5) is 0 Å². The van der Waals surface area contributed by atoms with E-state index in [1.165, 1.54) is 16.9 Å². The third kappa shape index (κ3) is 3.10. The van der Waals surface area contributed by atoms with E-state index in [4.69, 9.17) is 0 Å². The number of rotatable bonds is 4. The average Bonchev–Trinajstić information content (AvgIpc) is 2.86. The van der Waals surface area contributed by atoms with E-state index in [1.54, 1.807) is 11.3 Å². The molecule has 0 fully saturated rings. The summed E-state index contributed by atoms with van der Waals surface area (Å²) in [5.41, 5.74) is 1.50. The molecule has 1 aromatic rings. The van der Waals surface area contributed by atoms with E-state index in [2.05, 4.69) is 41.2 Å². The highest BCUT2D eigenvalue weighted by atomic mass is 79.9. The number of carbonyl (C=O) groups excluding carboxylic acids is 1. The lowest BCUT2D eigenvalue weighted by Crippen LogP contribution is -2.34. The molecular weight excluding hydrogens is 298 g/mol. The van der Waals surface area contributed by atoms with Crippen molar-refractivity contribution < 1.29 is 4.79 Å². The van der Waals surface area contributed by atoms with Crippen LogP contribution in [0.25, 0.3) is 0 Å². The molecule has 4 heteroatoms. The zero-order valence-corrected chi connectivity index (χ0v) is 12.7. The second-order valence-corrected chi connectivity index (χ2v) is 7.09. The Labute approximate surface area is 115 Å². The first kappa shape index (κ1) is 13.1. The number of carbonyl (C=O) groups is 1. The summed E-state index contributed by atoms with van der Waals surface area (Å²) < 4.78 is 0. The molecule has 2 nitrogen and oxygen atoms in total. The minimum absolute atomic E-state index is 0.0819. The zero-order chi connectivity index (χ0) is 12.5. The van der Waals surface area contributed by atoms with Gasteiger partial charge in [-0.3, -0.25) is 4.79 Å². The van der Waals surface area contributed by atoms with Crippen molar-refractivity contribution in [1.82, 2.24) is 5.32 Å². The van der Waals surface area contributed by atoms with Crippen molar-refractivity contribution in [1.29, 1.82) is 0 Å². The lowest BCUT2D eigenvalue weighted by atomic mass is 9.97. The molecule has 2 rings (SSSR count). The van der Waals surface area contributed by atoms with Gasteiger partial charge >= 0.3 is 0 Å². The van der Waals surface area contributed by atoms with Crippen LogP contribution in [0.3, 0.4) is 0 Å². The van der Waals surface area contributed by atoms with Crippen LogP contribution in [0.15, 0.2) is 6.07 Å². The second kappa shape index (κ2) is 5.11. The van der Waals surface area contributed by atoms with Gasteiger partial charge in [-0.05, 0) is 36.3 Å². The minimum Gasteiger partial charge on any atom is -0.351 e. The highest BCUT2D eigenvalue weighted by molar-refractivity contribution is 9.09. The summed E-state index contributed by atoms with van der Waals surface area (Å²) in [6.45, 7) is 4.98. The van der Waals surface area contributed by atoms with Crippen LogP contribution < -0.4 is 5.32 Å². The maximum absolute atomic E-state index is 12.0. The van der Waals surface area contributed by atoms with Crippen LogP contribution >= 0.6 is 27.3 Å². The molecule has 1 aliphatic carbocycles. The fourth-order valence-corrected chi connectivity index (χ4v) is 3.26. The van der Waals surface area contributed by atoms with Gasteiger partial charge < -0.3 is 5.32 Å². The molecule has 0 radical (unpaired) electrons. The van der Waals surface area contributed by atoms with Crippen molar-refractivity contribution in [2.45, 2.75) is 33.1 Å². The van der Waals surface area contributed by atoms with Gasteiger partial charge in [0.05, 0.1) is 4.88 Å². The van der Waals surface area contributed by atoms with Gasteiger partial charge in [0.1, 0.15) is 0 Å². The second-order valence-electron chi connectivity index (χ2n) is 5.39.